The second-order valence-electron chi connectivity index (χ2n) is 11.5. The minimum Gasteiger partial charge on any atom is -0.354 e. The summed E-state index contributed by atoms with van der Waals surface area (Å²) in [6, 6.07) is 48.9. The van der Waals surface area contributed by atoms with Crippen molar-refractivity contribution in [2.75, 3.05) is 0 Å². The summed E-state index contributed by atoms with van der Waals surface area (Å²) < 4.78 is 0. The smallest absolute Gasteiger partial charge is 0.0544 e. The summed E-state index contributed by atoms with van der Waals surface area (Å²) in [5, 5.41) is 2.52. The molecule has 190 valence electrons. The van der Waals surface area contributed by atoms with Crippen molar-refractivity contribution >= 4 is 21.8 Å². The van der Waals surface area contributed by atoms with Crippen molar-refractivity contribution < 1.29 is 0 Å². The Morgan fingerprint density at radius 2 is 1.12 bits per heavy atom. The van der Waals surface area contributed by atoms with Gasteiger partial charge in [0.1, 0.15) is 0 Å². The highest BCUT2D eigenvalue weighted by Gasteiger charge is 2.35. The van der Waals surface area contributed by atoms with Crippen LogP contribution >= 0.6 is 0 Å². The van der Waals surface area contributed by atoms with Gasteiger partial charge in [-0.1, -0.05) is 117 Å². The molecular weight excluding hydrogens is 482 g/mol. The zero-order chi connectivity index (χ0) is 26.8. The maximum atomic E-state index is 3.74. The highest BCUT2D eigenvalue weighted by molar-refractivity contribution is 6.13. The average Bonchev–Trinajstić information content (AvgIpc) is 3.49. The molecule has 0 fully saturated rings. The van der Waals surface area contributed by atoms with Gasteiger partial charge < -0.3 is 4.98 Å². The van der Waals surface area contributed by atoms with Crippen LogP contribution < -0.4 is 0 Å². The van der Waals surface area contributed by atoms with E-state index in [1.54, 1.807) is 0 Å². The quantitative estimate of drug-likeness (QED) is 0.243. The van der Waals surface area contributed by atoms with E-state index < -0.39 is 0 Å². The molecule has 0 bridgehead atoms. The molecule has 1 N–H and O–H groups in total. The zero-order valence-electron chi connectivity index (χ0n) is 22.7. The Kier molecular flexibility index (Phi) is 4.93. The van der Waals surface area contributed by atoms with Gasteiger partial charge in [-0.15, -0.1) is 0 Å². The molecule has 1 nitrogen and oxygen atoms in total. The van der Waals surface area contributed by atoms with Crippen LogP contribution in [-0.2, 0) is 5.41 Å². The lowest BCUT2D eigenvalue weighted by atomic mass is 9.81. The minimum atomic E-state index is -0.0138. The van der Waals surface area contributed by atoms with E-state index in [0.29, 0.717) is 0 Å². The number of hydrogen-bond acceptors (Lipinski definition) is 0. The molecule has 8 rings (SSSR count). The van der Waals surface area contributed by atoms with Crippen LogP contribution in [0.15, 0.2) is 133 Å². The van der Waals surface area contributed by atoms with Gasteiger partial charge in [-0.25, -0.2) is 0 Å². The van der Waals surface area contributed by atoms with Crippen LogP contribution in [0.1, 0.15) is 25.0 Å². The lowest BCUT2D eigenvalue weighted by Crippen LogP contribution is -2.14. The fourth-order valence-corrected chi connectivity index (χ4v) is 6.73. The van der Waals surface area contributed by atoms with Gasteiger partial charge in [-0.05, 0) is 80.4 Å². The SMILES string of the molecule is CC1(C)c2ccccc2-c2ccc(-c3cccc(-c4cc(-c5ccccc5)cc5c4[nH]c4ccccc45)c3)cc21. The summed E-state index contributed by atoms with van der Waals surface area (Å²) in [5.74, 6) is 0. The summed E-state index contributed by atoms with van der Waals surface area (Å²) in [6.45, 7) is 4.69. The van der Waals surface area contributed by atoms with Gasteiger partial charge in [0, 0.05) is 27.3 Å². The number of hydrogen-bond donors (Lipinski definition) is 1. The highest BCUT2D eigenvalue weighted by Crippen LogP contribution is 2.49. The number of H-pyrrole nitrogens is 1. The van der Waals surface area contributed by atoms with E-state index in [9.17, 15) is 0 Å². The minimum absolute atomic E-state index is 0.0138. The molecule has 7 aromatic rings. The van der Waals surface area contributed by atoms with Gasteiger partial charge in [0.15, 0.2) is 0 Å². The Bertz CT molecular complexity index is 2070. The number of rotatable bonds is 3. The largest absolute Gasteiger partial charge is 0.354 e. The predicted molar refractivity (Wildman–Crippen MR) is 170 cm³/mol. The van der Waals surface area contributed by atoms with Crippen LogP contribution in [0.4, 0.5) is 0 Å². The summed E-state index contributed by atoms with van der Waals surface area (Å²) in [5.41, 5.74) is 15.3. The third kappa shape index (κ3) is 3.41. The maximum absolute atomic E-state index is 3.74. The number of fused-ring (bicyclic) bond motifs is 6. The van der Waals surface area contributed by atoms with Gasteiger partial charge in [0.25, 0.3) is 0 Å². The van der Waals surface area contributed by atoms with Crippen molar-refractivity contribution in [2.45, 2.75) is 19.3 Å². The maximum Gasteiger partial charge on any atom is 0.0544 e. The Hall–Kier alpha value is -4.88. The van der Waals surface area contributed by atoms with Gasteiger partial charge >= 0.3 is 0 Å². The van der Waals surface area contributed by atoms with Crippen molar-refractivity contribution in [3.8, 4) is 44.5 Å². The molecule has 1 aromatic heterocycles. The number of para-hydroxylation sites is 1. The van der Waals surface area contributed by atoms with E-state index in [-0.39, 0.29) is 5.41 Å². The van der Waals surface area contributed by atoms with Crippen molar-refractivity contribution in [1.82, 2.24) is 4.98 Å². The first kappa shape index (κ1) is 23.0. The summed E-state index contributed by atoms with van der Waals surface area (Å²) >= 11 is 0. The van der Waals surface area contributed by atoms with Crippen molar-refractivity contribution in [2.24, 2.45) is 0 Å². The van der Waals surface area contributed by atoms with Gasteiger partial charge in [0.05, 0.1) is 5.52 Å². The molecule has 1 aliphatic carbocycles. The fourth-order valence-electron chi connectivity index (χ4n) is 6.73. The molecule has 1 aliphatic rings. The molecular formula is C39H29N. The molecule has 0 radical (unpaired) electrons. The summed E-state index contributed by atoms with van der Waals surface area (Å²) in [4.78, 5) is 3.74. The molecule has 0 atom stereocenters. The fraction of sp³-hybridized carbons (Fsp3) is 0.0769. The average molecular weight is 512 g/mol. The number of aromatic amines is 1. The predicted octanol–water partition coefficient (Wildman–Crippen LogP) is 10.6. The topological polar surface area (TPSA) is 15.8 Å². The molecule has 6 aromatic carbocycles. The van der Waals surface area contributed by atoms with Crippen LogP contribution in [0.3, 0.4) is 0 Å². The second kappa shape index (κ2) is 8.56. The molecule has 0 aliphatic heterocycles. The van der Waals surface area contributed by atoms with Crippen molar-refractivity contribution in [3.63, 3.8) is 0 Å². The van der Waals surface area contributed by atoms with Crippen molar-refractivity contribution in [3.05, 3.63) is 145 Å². The molecule has 0 unspecified atom stereocenters. The van der Waals surface area contributed by atoms with E-state index >= 15 is 0 Å². The molecule has 40 heavy (non-hydrogen) atoms. The van der Waals surface area contributed by atoms with Crippen LogP contribution in [0.2, 0.25) is 0 Å². The first-order valence-corrected chi connectivity index (χ1v) is 14.0. The van der Waals surface area contributed by atoms with Gasteiger partial charge in [-0.3, -0.25) is 0 Å². The summed E-state index contributed by atoms with van der Waals surface area (Å²) in [7, 11) is 0. The monoisotopic (exact) mass is 511 g/mol. The van der Waals surface area contributed by atoms with Crippen LogP contribution in [0, 0.1) is 0 Å². The first-order chi connectivity index (χ1) is 19.6. The summed E-state index contributed by atoms with van der Waals surface area (Å²) in [6.07, 6.45) is 0. The Balaban J connectivity index is 1.31. The van der Waals surface area contributed by atoms with Crippen LogP contribution in [-0.4, -0.2) is 4.98 Å². The molecule has 0 amide bonds. The Morgan fingerprint density at radius 1 is 0.425 bits per heavy atom. The zero-order valence-corrected chi connectivity index (χ0v) is 22.7. The lowest BCUT2D eigenvalue weighted by molar-refractivity contribution is 0.660. The van der Waals surface area contributed by atoms with E-state index in [1.165, 1.54) is 77.4 Å². The molecule has 1 heteroatoms. The molecule has 0 saturated heterocycles. The second-order valence-corrected chi connectivity index (χ2v) is 11.5. The van der Waals surface area contributed by atoms with E-state index in [1.807, 2.05) is 0 Å². The first-order valence-electron chi connectivity index (χ1n) is 14.0. The van der Waals surface area contributed by atoms with E-state index in [0.717, 1.165) is 0 Å². The van der Waals surface area contributed by atoms with E-state index in [4.69, 9.17) is 0 Å². The third-order valence-electron chi connectivity index (χ3n) is 8.81. The van der Waals surface area contributed by atoms with Gasteiger partial charge in [0.2, 0.25) is 0 Å². The van der Waals surface area contributed by atoms with Crippen molar-refractivity contribution in [1.29, 1.82) is 0 Å². The van der Waals surface area contributed by atoms with E-state index in [2.05, 4.69) is 152 Å². The van der Waals surface area contributed by atoms with Gasteiger partial charge in [-0.2, -0.15) is 0 Å². The molecule has 0 spiro atoms. The Labute approximate surface area is 234 Å². The number of aromatic nitrogens is 1. The van der Waals surface area contributed by atoms with Crippen LogP contribution in [0.25, 0.3) is 66.3 Å². The Morgan fingerprint density at radius 3 is 2.02 bits per heavy atom. The third-order valence-corrected chi connectivity index (χ3v) is 8.81. The van der Waals surface area contributed by atoms with Crippen LogP contribution in [0.5, 0.6) is 0 Å². The lowest BCUT2D eigenvalue weighted by Gasteiger charge is -2.22. The standard InChI is InChI=1S/C39H29N/c1-39(2)35-17-8-6-15-30(35)31-20-19-27(24-36(31)39)26-13-10-14-28(21-26)33-22-29(25-11-4-3-5-12-25)23-34-32-16-7-9-18-37(32)40-38(33)34/h3-24,40H,1-2H3. The number of benzene rings is 6. The normalized spacial score (nSPS) is 13.4. The molecule has 1 heterocycles. The number of nitrogens with one attached hydrogen (secondary N) is 1. The molecule has 0 saturated carbocycles. The highest BCUT2D eigenvalue weighted by atomic mass is 14.7.